The molecule has 0 amide bonds. The van der Waals surface area contributed by atoms with E-state index in [1.807, 2.05) is 0 Å². The van der Waals surface area contributed by atoms with Crippen LogP contribution in [0.15, 0.2) is 12.1 Å². The summed E-state index contributed by atoms with van der Waals surface area (Å²) in [4.78, 5) is 11.5. The molecule has 0 fully saturated rings. The van der Waals surface area contributed by atoms with Gasteiger partial charge in [0.25, 0.3) is 10.9 Å². The maximum absolute atomic E-state index is 10.6. The molecule has 8 heteroatoms. The summed E-state index contributed by atoms with van der Waals surface area (Å²) in [6.07, 6.45) is 0. The Bertz CT molecular complexity index is 456. The lowest BCUT2D eigenvalue weighted by Crippen LogP contribution is -2.25. The minimum absolute atomic E-state index is 0.0356. The Morgan fingerprint density at radius 3 is 2.24 bits per heavy atom. The van der Waals surface area contributed by atoms with Crippen molar-refractivity contribution in [2.75, 3.05) is 14.1 Å². The Morgan fingerprint density at radius 1 is 1.41 bits per heavy atom. The predicted octanol–water partition coefficient (Wildman–Crippen LogP) is 3.13. The zero-order valence-corrected chi connectivity index (χ0v) is 11.3. The molecular weight excluding hydrogens is 287 g/mol. The molecule has 0 radical (unpaired) electrons. The molecule has 0 aliphatic carbocycles. The molecule has 0 aromatic heterocycles. The SMILES string of the molecule is CN(C)C(=S)Oc1c(Cl)cc([N+](=O)[O-])cc1Cl. The highest BCUT2D eigenvalue weighted by molar-refractivity contribution is 7.80. The number of nitrogens with zero attached hydrogens (tertiary/aromatic N) is 2. The molecule has 0 spiro atoms. The van der Waals surface area contributed by atoms with E-state index < -0.39 is 4.92 Å². The van der Waals surface area contributed by atoms with Gasteiger partial charge in [0.2, 0.25) is 0 Å². The summed E-state index contributed by atoms with van der Waals surface area (Å²) in [7, 11) is 3.38. The van der Waals surface area contributed by atoms with E-state index in [2.05, 4.69) is 0 Å². The van der Waals surface area contributed by atoms with Gasteiger partial charge in [-0.3, -0.25) is 10.1 Å². The highest BCUT2D eigenvalue weighted by atomic mass is 35.5. The van der Waals surface area contributed by atoms with Crippen molar-refractivity contribution >= 4 is 46.3 Å². The van der Waals surface area contributed by atoms with Gasteiger partial charge in [0, 0.05) is 26.2 Å². The molecule has 0 aliphatic heterocycles. The number of nitro groups is 1. The van der Waals surface area contributed by atoms with Crippen LogP contribution in [0.25, 0.3) is 0 Å². The van der Waals surface area contributed by atoms with Gasteiger partial charge in [-0.1, -0.05) is 23.2 Å². The second-order valence-corrected chi connectivity index (χ2v) is 4.42. The van der Waals surface area contributed by atoms with Crippen LogP contribution in [0.5, 0.6) is 5.75 Å². The fourth-order valence-electron chi connectivity index (χ4n) is 0.928. The Kier molecular flexibility index (Phi) is 4.50. The van der Waals surface area contributed by atoms with E-state index in [1.54, 1.807) is 19.0 Å². The highest BCUT2D eigenvalue weighted by Gasteiger charge is 2.17. The summed E-state index contributed by atoms with van der Waals surface area (Å²) >= 11 is 16.6. The van der Waals surface area contributed by atoms with Crippen molar-refractivity contribution in [2.45, 2.75) is 0 Å². The molecule has 0 bridgehead atoms. The van der Waals surface area contributed by atoms with Crippen LogP contribution in [-0.2, 0) is 0 Å². The van der Waals surface area contributed by atoms with Gasteiger partial charge in [0.15, 0.2) is 5.75 Å². The fourth-order valence-corrected chi connectivity index (χ4v) is 1.56. The van der Waals surface area contributed by atoms with E-state index >= 15 is 0 Å². The Balaban J connectivity index is 3.10. The lowest BCUT2D eigenvalue weighted by atomic mass is 10.3. The van der Waals surface area contributed by atoms with Crippen molar-refractivity contribution in [3.8, 4) is 5.75 Å². The summed E-state index contributed by atoms with van der Waals surface area (Å²) in [6, 6.07) is 2.31. The first-order chi connectivity index (χ1) is 7.82. The number of rotatable bonds is 2. The van der Waals surface area contributed by atoms with Gasteiger partial charge >= 0.3 is 0 Å². The van der Waals surface area contributed by atoms with Crippen LogP contribution in [0.4, 0.5) is 5.69 Å². The number of thiocarbonyl (C=S) groups is 1. The molecule has 0 atom stereocenters. The lowest BCUT2D eigenvalue weighted by Gasteiger charge is -2.15. The van der Waals surface area contributed by atoms with Crippen molar-refractivity contribution in [1.29, 1.82) is 0 Å². The molecule has 1 aromatic rings. The fraction of sp³-hybridized carbons (Fsp3) is 0.222. The Labute approximate surface area is 113 Å². The normalized spacial score (nSPS) is 9.88. The van der Waals surface area contributed by atoms with Crippen molar-refractivity contribution in [3.05, 3.63) is 32.3 Å². The first-order valence-corrected chi connectivity index (χ1v) is 5.52. The predicted molar refractivity (Wildman–Crippen MR) is 70.0 cm³/mol. The summed E-state index contributed by atoms with van der Waals surface area (Å²) in [6.45, 7) is 0. The highest BCUT2D eigenvalue weighted by Crippen LogP contribution is 2.36. The van der Waals surface area contributed by atoms with Gasteiger partial charge in [0.05, 0.1) is 15.0 Å². The van der Waals surface area contributed by atoms with Crippen LogP contribution in [0.3, 0.4) is 0 Å². The van der Waals surface area contributed by atoms with Gasteiger partial charge in [0.1, 0.15) is 0 Å². The number of halogens is 2. The molecule has 0 heterocycles. The number of benzene rings is 1. The monoisotopic (exact) mass is 294 g/mol. The van der Waals surface area contributed by atoms with E-state index in [4.69, 9.17) is 40.2 Å². The average molecular weight is 295 g/mol. The average Bonchev–Trinajstić information content (AvgIpc) is 2.22. The summed E-state index contributed by atoms with van der Waals surface area (Å²) in [5, 5.41) is 10.8. The lowest BCUT2D eigenvalue weighted by molar-refractivity contribution is -0.384. The number of hydrogen-bond acceptors (Lipinski definition) is 4. The molecule has 0 saturated carbocycles. The van der Waals surface area contributed by atoms with Crippen LogP contribution in [0, 0.1) is 10.1 Å². The maximum Gasteiger partial charge on any atom is 0.272 e. The summed E-state index contributed by atoms with van der Waals surface area (Å²) < 4.78 is 5.24. The molecular formula is C9H8Cl2N2O3S. The summed E-state index contributed by atoms with van der Waals surface area (Å²) in [5.41, 5.74) is -0.205. The van der Waals surface area contributed by atoms with E-state index in [0.29, 0.717) is 0 Å². The number of non-ortho nitro benzene ring substituents is 1. The second-order valence-electron chi connectivity index (χ2n) is 3.26. The van der Waals surface area contributed by atoms with Crippen LogP contribution in [0.2, 0.25) is 10.0 Å². The summed E-state index contributed by atoms with van der Waals surface area (Å²) in [5.74, 6) is 0.109. The standard InChI is InChI=1S/C9H8Cl2N2O3S/c1-12(2)9(17)16-8-6(10)3-5(13(14)15)4-7(8)11/h3-4H,1-2H3. The van der Waals surface area contributed by atoms with Crippen molar-refractivity contribution in [2.24, 2.45) is 0 Å². The van der Waals surface area contributed by atoms with Crippen molar-refractivity contribution < 1.29 is 9.66 Å². The smallest absolute Gasteiger partial charge is 0.272 e. The molecule has 0 saturated heterocycles. The maximum atomic E-state index is 10.6. The van der Waals surface area contributed by atoms with Crippen molar-refractivity contribution in [3.63, 3.8) is 0 Å². The van der Waals surface area contributed by atoms with E-state index in [1.165, 1.54) is 0 Å². The van der Waals surface area contributed by atoms with Crippen molar-refractivity contribution in [1.82, 2.24) is 4.90 Å². The number of hydrogen-bond donors (Lipinski definition) is 0. The van der Waals surface area contributed by atoms with E-state index in [0.717, 1.165) is 12.1 Å². The first-order valence-electron chi connectivity index (χ1n) is 4.35. The number of nitro benzene ring substituents is 1. The molecule has 1 rings (SSSR count). The molecule has 5 nitrogen and oxygen atoms in total. The quantitative estimate of drug-likeness (QED) is 0.476. The van der Waals surface area contributed by atoms with Gasteiger partial charge in [-0.05, 0) is 12.2 Å². The van der Waals surface area contributed by atoms with Gasteiger partial charge in [-0.2, -0.15) is 0 Å². The minimum atomic E-state index is -0.591. The number of ether oxygens (including phenoxy) is 1. The molecule has 17 heavy (non-hydrogen) atoms. The zero-order chi connectivity index (χ0) is 13.2. The molecule has 0 aliphatic rings. The van der Waals surface area contributed by atoms with Crippen LogP contribution < -0.4 is 4.74 Å². The van der Waals surface area contributed by atoms with Gasteiger partial charge < -0.3 is 9.64 Å². The first kappa shape index (κ1) is 14.0. The third-order valence-corrected chi connectivity index (χ3v) is 2.76. The Morgan fingerprint density at radius 2 is 1.88 bits per heavy atom. The minimum Gasteiger partial charge on any atom is -0.429 e. The zero-order valence-electron chi connectivity index (χ0n) is 8.94. The van der Waals surface area contributed by atoms with E-state index in [9.17, 15) is 10.1 Å². The second kappa shape index (κ2) is 5.48. The third-order valence-electron chi connectivity index (χ3n) is 1.75. The molecule has 0 unspecified atom stereocenters. The topological polar surface area (TPSA) is 55.6 Å². The van der Waals surface area contributed by atoms with Crippen LogP contribution in [0.1, 0.15) is 0 Å². The van der Waals surface area contributed by atoms with Gasteiger partial charge in [-0.25, -0.2) is 0 Å². The molecule has 1 aromatic carbocycles. The largest absolute Gasteiger partial charge is 0.429 e. The molecule has 92 valence electrons. The van der Waals surface area contributed by atoms with Crippen LogP contribution in [-0.4, -0.2) is 29.1 Å². The molecule has 0 N–H and O–H groups in total. The third kappa shape index (κ3) is 3.42. The van der Waals surface area contributed by atoms with E-state index in [-0.39, 0.29) is 26.7 Å². The Hall–Kier alpha value is -1.11. The van der Waals surface area contributed by atoms with Gasteiger partial charge in [-0.15, -0.1) is 0 Å². The van der Waals surface area contributed by atoms with Crippen LogP contribution >= 0.6 is 35.4 Å².